The molecule has 0 saturated heterocycles. The Bertz CT molecular complexity index is 922. The molecular formula is C17H11N3O2. The average molecular weight is 289 g/mol. The molecule has 0 unspecified atom stereocenters. The number of anilines is 2. The number of hydrogen-bond acceptors (Lipinski definition) is 5. The van der Waals surface area contributed by atoms with Gasteiger partial charge in [-0.05, 0) is 52.3 Å². The van der Waals surface area contributed by atoms with Crippen LogP contribution < -0.4 is 5.32 Å². The van der Waals surface area contributed by atoms with E-state index in [9.17, 15) is 4.91 Å². The van der Waals surface area contributed by atoms with Crippen LogP contribution in [0.2, 0.25) is 0 Å². The fourth-order valence-corrected chi connectivity index (χ4v) is 2.40. The monoisotopic (exact) mass is 289 g/mol. The number of fused-ring (bicyclic) bond motifs is 2. The van der Waals surface area contributed by atoms with Crippen molar-refractivity contribution in [1.29, 1.82) is 0 Å². The van der Waals surface area contributed by atoms with Gasteiger partial charge in [0.2, 0.25) is 0 Å². The molecule has 0 bridgehead atoms. The molecule has 0 aliphatic rings. The zero-order valence-electron chi connectivity index (χ0n) is 11.5. The Morgan fingerprint density at radius 1 is 0.955 bits per heavy atom. The van der Waals surface area contributed by atoms with Crippen molar-refractivity contribution in [2.75, 3.05) is 5.32 Å². The summed E-state index contributed by atoms with van der Waals surface area (Å²) in [6.07, 6.45) is 0. The third-order valence-corrected chi connectivity index (χ3v) is 3.48. The highest BCUT2D eigenvalue weighted by atomic mass is 16.4. The van der Waals surface area contributed by atoms with E-state index in [0.717, 1.165) is 27.6 Å². The van der Waals surface area contributed by atoms with Crippen LogP contribution in [-0.2, 0) is 0 Å². The summed E-state index contributed by atoms with van der Waals surface area (Å²) in [4.78, 5) is 14.8. The van der Waals surface area contributed by atoms with Crippen molar-refractivity contribution < 1.29 is 4.42 Å². The van der Waals surface area contributed by atoms with Gasteiger partial charge in [-0.15, -0.1) is 4.91 Å². The predicted octanol–water partition coefficient (Wildman–Crippen LogP) is 5.12. The maximum absolute atomic E-state index is 10.4. The van der Waals surface area contributed by atoms with Crippen molar-refractivity contribution in [2.24, 2.45) is 5.18 Å². The highest BCUT2D eigenvalue weighted by molar-refractivity contribution is 5.94. The van der Waals surface area contributed by atoms with Gasteiger partial charge in [0.1, 0.15) is 11.2 Å². The molecule has 1 heterocycles. The standard InChI is InChI=1S/C17H11N3O2/c21-20-14-7-5-13(6-8-14)18-17-19-15-9-11-3-1-2-4-12(11)10-16(15)22-17/h1-10H,(H,18,19). The summed E-state index contributed by atoms with van der Waals surface area (Å²) in [5, 5.41) is 8.18. The molecule has 0 saturated carbocycles. The molecule has 0 aliphatic heterocycles. The van der Waals surface area contributed by atoms with E-state index in [1.165, 1.54) is 0 Å². The largest absolute Gasteiger partial charge is 0.423 e. The van der Waals surface area contributed by atoms with Gasteiger partial charge in [0.15, 0.2) is 5.58 Å². The summed E-state index contributed by atoms with van der Waals surface area (Å²) in [6.45, 7) is 0. The van der Waals surface area contributed by atoms with Crippen LogP contribution in [0.1, 0.15) is 0 Å². The lowest BCUT2D eigenvalue weighted by molar-refractivity contribution is 0.623. The summed E-state index contributed by atoms with van der Waals surface area (Å²) in [5.74, 6) is 0. The van der Waals surface area contributed by atoms with E-state index in [0.29, 0.717) is 11.7 Å². The summed E-state index contributed by atoms with van der Waals surface area (Å²) in [6, 6.07) is 19.2. The van der Waals surface area contributed by atoms with Gasteiger partial charge in [-0.2, -0.15) is 4.98 Å². The van der Waals surface area contributed by atoms with Crippen LogP contribution in [0, 0.1) is 4.91 Å². The predicted molar refractivity (Wildman–Crippen MR) is 86.7 cm³/mol. The van der Waals surface area contributed by atoms with Gasteiger partial charge < -0.3 is 9.73 Å². The quantitative estimate of drug-likeness (QED) is 0.531. The number of benzene rings is 3. The van der Waals surface area contributed by atoms with Crippen LogP contribution in [0.25, 0.3) is 21.9 Å². The van der Waals surface area contributed by atoms with E-state index in [1.54, 1.807) is 24.3 Å². The first-order chi connectivity index (χ1) is 10.8. The van der Waals surface area contributed by atoms with Gasteiger partial charge in [0.05, 0.1) is 0 Å². The van der Waals surface area contributed by atoms with Gasteiger partial charge in [0, 0.05) is 5.69 Å². The molecule has 1 N–H and O–H groups in total. The molecule has 0 aliphatic carbocycles. The fraction of sp³-hybridized carbons (Fsp3) is 0. The highest BCUT2D eigenvalue weighted by Gasteiger charge is 2.07. The Labute approximate surface area is 125 Å². The molecule has 4 aromatic rings. The Kier molecular flexibility index (Phi) is 2.83. The Balaban J connectivity index is 1.72. The number of aromatic nitrogens is 1. The second-order valence-corrected chi connectivity index (χ2v) is 4.95. The van der Waals surface area contributed by atoms with Crippen molar-refractivity contribution in [3.63, 3.8) is 0 Å². The maximum atomic E-state index is 10.4. The van der Waals surface area contributed by atoms with Crippen LogP contribution in [0.4, 0.5) is 17.4 Å². The van der Waals surface area contributed by atoms with Gasteiger partial charge in [-0.1, -0.05) is 24.3 Å². The molecule has 4 rings (SSSR count). The number of rotatable bonds is 3. The summed E-state index contributed by atoms with van der Waals surface area (Å²) in [5.41, 5.74) is 2.69. The molecule has 0 spiro atoms. The van der Waals surface area contributed by atoms with Gasteiger partial charge in [-0.3, -0.25) is 0 Å². The van der Waals surface area contributed by atoms with Crippen molar-refractivity contribution in [1.82, 2.24) is 4.98 Å². The zero-order chi connectivity index (χ0) is 14.9. The van der Waals surface area contributed by atoms with Crippen LogP contribution in [-0.4, -0.2) is 4.98 Å². The first-order valence-electron chi connectivity index (χ1n) is 6.82. The smallest absolute Gasteiger partial charge is 0.300 e. The van der Waals surface area contributed by atoms with Gasteiger partial charge >= 0.3 is 0 Å². The summed E-state index contributed by atoms with van der Waals surface area (Å²) < 4.78 is 5.73. The number of nitrogens with one attached hydrogen (secondary N) is 1. The first-order valence-corrected chi connectivity index (χ1v) is 6.82. The van der Waals surface area contributed by atoms with Crippen LogP contribution in [0.3, 0.4) is 0 Å². The Morgan fingerprint density at radius 3 is 2.41 bits per heavy atom. The molecule has 0 atom stereocenters. The molecule has 106 valence electrons. The molecule has 1 aromatic heterocycles. The molecular weight excluding hydrogens is 278 g/mol. The zero-order valence-corrected chi connectivity index (χ0v) is 11.5. The first kappa shape index (κ1) is 12.5. The van der Waals surface area contributed by atoms with Crippen LogP contribution >= 0.6 is 0 Å². The molecule has 0 radical (unpaired) electrons. The molecule has 0 fully saturated rings. The molecule has 5 heteroatoms. The molecule has 5 nitrogen and oxygen atoms in total. The third-order valence-electron chi connectivity index (χ3n) is 3.48. The summed E-state index contributed by atoms with van der Waals surface area (Å²) in [7, 11) is 0. The lowest BCUT2D eigenvalue weighted by atomic mass is 10.1. The van der Waals surface area contributed by atoms with Crippen LogP contribution in [0.5, 0.6) is 0 Å². The Hall–Kier alpha value is -3.21. The third kappa shape index (κ3) is 2.18. The maximum Gasteiger partial charge on any atom is 0.300 e. The van der Waals surface area contributed by atoms with E-state index < -0.39 is 0 Å². The van der Waals surface area contributed by atoms with Crippen molar-refractivity contribution in [3.05, 3.63) is 65.6 Å². The van der Waals surface area contributed by atoms with Gasteiger partial charge in [-0.25, -0.2) is 0 Å². The van der Waals surface area contributed by atoms with E-state index in [4.69, 9.17) is 4.42 Å². The lowest BCUT2D eigenvalue weighted by Crippen LogP contribution is -1.88. The van der Waals surface area contributed by atoms with Crippen molar-refractivity contribution >= 4 is 39.3 Å². The number of nitroso groups, excluding NO2 is 1. The van der Waals surface area contributed by atoms with E-state index >= 15 is 0 Å². The minimum Gasteiger partial charge on any atom is -0.423 e. The SMILES string of the molecule is O=Nc1ccc(Nc2nc3cc4ccccc4cc3o2)cc1. The van der Waals surface area contributed by atoms with E-state index in [1.807, 2.05) is 36.4 Å². The Morgan fingerprint density at radius 2 is 1.68 bits per heavy atom. The van der Waals surface area contributed by atoms with E-state index in [2.05, 4.69) is 15.5 Å². The van der Waals surface area contributed by atoms with Gasteiger partial charge in [0.25, 0.3) is 6.01 Å². The lowest BCUT2D eigenvalue weighted by Gasteiger charge is -2.00. The minimum absolute atomic E-state index is 0.384. The molecule has 3 aromatic carbocycles. The fourth-order valence-electron chi connectivity index (χ4n) is 2.40. The molecule has 0 amide bonds. The van der Waals surface area contributed by atoms with Crippen molar-refractivity contribution in [2.45, 2.75) is 0 Å². The number of oxazole rings is 1. The second-order valence-electron chi connectivity index (χ2n) is 4.95. The average Bonchev–Trinajstić information content (AvgIpc) is 2.94. The highest BCUT2D eigenvalue weighted by Crippen LogP contribution is 2.27. The second kappa shape index (κ2) is 4.96. The summed E-state index contributed by atoms with van der Waals surface area (Å²) >= 11 is 0. The normalized spacial score (nSPS) is 10.9. The topological polar surface area (TPSA) is 67.5 Å². The van der Waals surface area contributed by atoms with E-state index in [-0.39, 0.29) is 0 Å². The van der Waals surface area contributed by atoms with Crippen molar-refractivity contribution in [3.8, 4) is 0 Å². The minimum atomic E-state index is 0.384. The van der Waals surface area contributed by atoms with Crippen LogP contribution in [0.15, 0.2) is 70.3 Å². The number of hydrogen-bond donors (Lipinski definition) is 1. The number of nitrogens with zero attached hydrogens (tertiary/aromatic N) is 2. The molecule has 22 heavy (non-hydrogen) atoms.